The smallest absolute Gasteiger partial charge is 0.0939 e. The van der Waals surface area contributed by atoms with E-state index in [-0.39, 0.29) is 24.7 Å². The fraction of sp³-hybridized carbons (Fsp3) is 0.909. The van der Waals surface area contributed by atoms with E-state index < -0.39 is 25.3 Å². The van der Waals surface area contributed by atoms with Crippen molar-refractivity contribution in [2.45, 2.75) is 52.4 Å². The third-order valence-electron chi connectivity index (χ3n) is 2.48. The molecule has 3 unspecified atom stereocenters. The van der Waals surface area contributed by atoms with Crippen LogP contribution in [-0.4, -0.2) is 17.8 Å². The van der Waals surface area contributed by atoms with Gasteiger partial charge in [0.2, 0.25) is 0 Å². The molecule has 0 saturated heterocycles. The zero-order valence-electron chi connectivity index (χ0n) is 11.4. The number of carbonyl (C=O) groups excluding carboxylic acids is 1. The molecule has 18 heavy (non-hydrogen) atoms. The van der Waals surface area contributed by atoms with Crippen molar-refractivity contribution in [3.05, 3.63) is 0 Å². The molecule has 0 aromatic heterocycles. The van der Waals surface area contributed by atoms with Gasteiger partial charge in [-0.25, -0.2) is 0 Å². The van der Waals surface area contributed by atoms with E-state index in [1.54, 1.807) is 13.8 Å². The van der Waals surface area contributed by atoms with Gasteiger partial charge < -0.3 is 25.1 Å². The van der Waals surface area contributed by atoms with Crippen LogP contribution in [0.15, 0.2) is 0 Å². The SMILES string of the molecule is CC(C)CC(NP(=O)([O-])C(N)CC(C)C)C(=O)[O-]. The highest BCUT2D eigenvalue weighted by Gasteiger charge is 2.24. The van der Waals surface area contributed by atoms with Gasteiger partial charge >= 0.3 is 0 Å². The second-order valence-corrected chi connectivity index (χ2v) is 7.54. The third kappa shape index (κ3) is 6.50. The van der Waals surface area contributed by atoms with E-state index in [4.69, 9.17) is 5.73 Å². The number of aliphatic carboxylic acids is 1. The van der Waals surface area contributed by atoms with Gasteiger partial charge in [0, 0.05) is 0 Å². The van der Waals surface area contributed by atoms with Gasteiger partial charge in [0.15, 0.2) is 0 Å². The van der Waals surface area contributed by atoms with E-state index in [1.165, 1.54) is 0 Å². The molecule has 3 atom stereocenters. The van der Waals surface area contributed by atoms with Gasteiger partial charge in [0.1, 0.15) is 0 Å². The summed E-state index contributed by atoms with van der Waals surface area (Å²) in [6.45, 7) is 7.32. The van der Waals surface area contributed by atoms with Crippen LogP contribution in [0.4, 0.5) is 0 Å². The van der Waals surface area contributed by atoms with Crippen molar-refractivity contribution >= 4 is 13.5 Å². The molecule has 0 aliphatic heterocycles. The summed E-state index contributed by atoms with van der Waals surface area (Å²) >= 11 is 0. The topological polar surface area (TPSA) is 118 Å². The molecule has 108 valence electrons. The molecule has 6 nitrogen and oxygen atoms in total. The average molecular weight is 278 g/mol. The number of carbonyl (C=O) groups is 1. The Morgan fingerprint density at radius 2 is 1.67 bits per heavy atom. The van der Waals surface area contributed by atoms with Crippen LogP contribution in [0.25, 0.3) is 0 Å². The summed E-state index contributed by atoms with van der Waals surface area (Å²) in [6, 6.07) is -1.22. The Bertz CT molecular complexity index is 320. The standard InChI is InChI=1S/C11H25N2O4P/c1-7(2)5-9(11(14)15)13-18(16,17)10(12)6-8(3)4/h7-10H,5-6,12H2,1-4H3,(H,14,15)(H2,13,16,17)/p-2. The molecule has 0 fully saturated rings. The average Bonchev–Trinajstić information content (AvgIpc) is 2.14. The monoisotopic (exact) mass is 278 g/mol. The number of nitrogens with one attached hydrogen (secondary N) is 1. The van der Waals surface area contributed by atoms with Crippen molar-refractivity contribution in [2.24, 2.45) is 17.6 Å². The Balaban J connectivity index is 4.69. The van der Waals surface area contributed by atoms with Crippen LogP contribution >= 0.6 is 7.52 Å². The summed E-state index contributed by atoms with van der Waals surface area (Å²) in [4.78, 5) is 22.7. The maximum atomic E-state index is 11.9. The van der Waals surface area contributed by atoms with Crippen molar-refractivity contribution in [3.8, 4) is 0 Å². The van der Waals surface area contributed by atoms with E-state index in [9.17, 15) is 19.4 Å². The highest BCUT2D eigenvalue weighted by Crippen LogP contribution is 2.38. The number of rotatable bonds is 8. The lowest BCUT2D eigenvalue weighted by Gasteiger charge is -2.36. The molecule has 0 bridgehead atoms. The van der Waals surface area contributed by atoms with Gasteiger partial charge in [-0.05, 0) is 24.7 Å². The number of carboxylic acids is 1. The highest BCUT2D eigenvalue weighted by molar-refractivity contribution is 7.55. The normalized spacial score (nSPS) is 18.7. The van der Waals surface area contributed by atoms with E-state index in [1.807, 2.05) is 13.8 Å². The summed E-state index contributed by atoms with van der Waals surface area (Å²) in [5.74, 6) is -2.33. The largest absolute Gasteiger partial charge is 0.787 e. The molecule has 0 aliphatic carbocycles. The summed E-state index contributed by atoms with van der Waals surface area (Å²) in [6.07, 6.45) is 0.470. The summed E-state index contributed by atoms with van der Waals surface area (Å²) in [7, 11) is -4.15. The molecule has 0 aromatic carbocycles. The van der Waals surface area contributed by atoms with Crippen molar-refractivity contribution in [2.75, 3.05) is 0 Å². The van der Waals surface area contributed by atoms with Crippen molar-refractivity contribution < 1.29 is 19.4 Å². The van der Waals surface area contributed by atoms with Crippen LogP contribution in [0.2, 0.25) is 0 Å². The van der Waals surface area contributed by atoms with E-state index in [0.717, 1.165) is 0 Å². The van der Waals surface area contributed by atoms with Crippen LogP contribution in [0.1, 0.15) is 40.5 Å². The third-order valence-corrected chi connectivity index (χ3v) is 4.23. The molecule has 7 heteroatoms. The molecule has 0 radical (unpaired) electrons. The highest BCUT2D eigenvalue weighted by atomic mass is 31.2. The van der Waals surface area contributed by atoms with Gasteiger partial charge in [0.25, 0.3) is 0 Å². The van der Waals surface area contributed by atoms with Gasteiger partial charge in [-0.15, -0.1) is 0 Å². The Morgan fingerprint density at radius 3 is 2.00 bits per heavy atom. The lowest BCUT2D eigenvalue weighted by atomic mass is 10.1. The second-order valence-electron chi connectivity index (χ2n) is 5.42. The van der Waals surface area contributed by atoms with Crippen LogP contribution < -0.4 is 20.8 Å². The first-order valence-electron chi connectivity index (χ1n) is 6.11. The van der Waals surface area contributed by atoms with Crippen LogP contribution in [0.5, 0.6) is 0 Å². The number of carboxylic acid groups (broad SMARTS) is 1. The van der Waals surface area contributed by atoms with Crippen LogP contribution in [0, 0.1) is 11.8 Å². The van der Waals surface area contributed by atoms with Gasteiger partial charge in [-0.2, -0.15) is 0 Å². The Hall–Kier alpha value is -0.420. The predicted molar refractivity (Wildman–Crippen MR) is 66.4 cm³/mol. The minimum Gasteiger partial charge on any atom is -0.787 e. The first-order chi connectivity index (χ1) is 8.06. The Labute approximate surface area is 108 Å². The zero-order chi connectivity index (χ0) is 14.5. The first-order valence-corrected chi connectivity index (χ1v) is 7.80. The fourth-order valence-electron chi connectivity index (χ4n) is 1.61. The minimum atomic E-state index is -4.15. The fourth-order valence-corrected chi connectivity index (χ4v) is 3.14. The molecule has 3 N–H and O–H groups in total. The van der Waals surface area contributed by atoms with Crippen LogP contribution in [-0.2, 0) is 9.36 Å². The number of hydrogen-bond donors (Lipinski definition) is 2. The first kappa shape index (κ1) is 17.6. The maximum Gasteiger partial charge on any atom is 0.0939 e. The van der Waals surface area contributed by atoms with Gasteiger partial charge in [-0.1, -0.05) is 27.7 Å². The maximum absolute atomic E-state index is 11.9. The molecular formula is C11H23N2O4P-2. The molecule has 0 rings (SSSR count). The lowest BCUT2D eigenvalue weighted by molar-refractivity contribution is -0.308. The van der Waals surface area contributed by atoms with Gasteiger partial charge in [-0.3, -0.25) is 5.09 Å². The molecule has 0 aromatic rings. The van der Waals surface area contributed by atoms with Crippen molar-refractivity contribution in [1.29, 1.82) is 0 Å². The molecule has 0 amide bonds. The summed E-state index contributed by atoms with van der Waals surface area (Å²) in [5, 5.41) is 13.0. The zero-order valence-corrected chi connectivity index (χ0v) is 12.3. The van der Waals surface area contributed by atoms with Gasteiger partial charge in [0.05, 0.1) is 25.3 Å². The number of hydrogen-bond acceptors (Lipinski definition) is 5. The van der Waals surface area contributed by atoms with Crippen LogP contribution in [0.3, 0.4) is 0 Å². The lowest BCUT2D eigenvalue weighted by Crippen LogP contribution is -2.49. The Morgan fingerprint density at radius 1 is 1.22 bits per heavy atom. The van der Waals surface area contributed by atoms with E-state index >= 15 is 0 Å². The molecule has 0 heterocycles. The summed E-state index contributed by atoms with van der Waals surface area (Å²) < 4.78 is 11.9. The molecule has 0 spiro atoms. The molecular weight excluding hydrogens is 255 g/mol. The van der Waals surface area contributed by atoms with Crippen molar-refractivity contribution in [1.82, 2.24) is 5.09 Å². The summed E-state index contributed by atoms with van der Waals surface area (Å²) in [5.41, 5.74) is 5.58. The van der Waals surface area contributed by atoms with E-state index in [0.29, 0.717) is 0 Å². The Kier molecular flexibility index (Phi) is 7.07. The predicted octanol–water partition coefficient (Wildman–Crippen LogP) is -0.375. The number of nitrogens with two attached hydrogens (primary N) is 1. The van der Waals surface area contributed by atoms with E-state index in [2.05, 4.69) is 5.09 Å². The quantitative estimate of drug-likeness (QED) is 0.584. The molecule has 0 aliphatic rings. The second kappa shape index (κ2) is 7.24. The molecule has 0 saturated carbocycles. The van der Waals surface area contributed by atoms with Crippen molar-refractivity contribution in [3.63, 3.8) is 0 Å². The minimum absolute atomic E-state index is 0.0433.